The molecular formula is C18H18N4O. The molecule has 5 heteroatoms. The molecule has 1 aromatic heterocycles. The molecule has 5 nitrogen and oxygen atoms in total. The summed E-state index contributed by atoms with van der Waals surface area (Å²) in [4.78, 5) is 0. The molecule has 2 N–H and O–H groups in total. The van der Waals surface area contributed by atoms with Gasteiger partial charge in [0.15, 0.2) is 5.56 Å². The Morgan fingerprint density at radius 3 is 2.78 bits per heavy atom. The number of fused-ring (bicyclic) bond motifs is 1. The van der Waals surface area contributed by atoms with Gasteiger partial charge in [-0.3, -0.25) is 0 Å². The van der Waals surface area contributed by atoms with E-state index in [1.165, 1.54) is 0 Å². The van der Waals surface area contributed by atoms with E-state index in [0.717, 1.165) is 22.8 Å². The molecule has 0 aliphatic heterocycles. The lowest BCUT2D eigenvalue weighted by Crippen LogP contribution is -2.04. The lowest BCUT2D eigenvalue weighted by Gasteiger charge is -2.07. The van der Waals surface area contributed by atoms with E-state index in [4.69, 9.17) is 10.5 Å². The van der Waals surface area contributed by atoms with Crippen LogP contribution < -0.4 is 10.5 Å². The summed E-state index contributed by atoms with van der Waals surface area (Å²) in [6.45, 7) is 3.04. The molecule has 116 valence electrons. The number of nitrogens with zero attached hydrogens (tertiary/aromatic N) is 3. The van der Waals surface area contributed by atoms with Gasteiger partial charge in [-0.1, -0.05) is 49.4 Å². The Kier molecular flexibility index (Phi) is 4.15. The van der Waals surface area contributed by atoms with Gasteiger partial charge in [0.25, 0.3) is 5.88 Å². The minimum atomic E-state index is 0.298. The quantitative estimate of drug-likeness (QED) is 0.783. The third-order valence-corrected chi connectivity index (χ3v) is 3.75. The first-order valence-electron chi connectivity index (χ1n) is 7.60. The molecule has 3 rings (SSSR count). The summed E-state index contributed by atoms with van der Waals surface area (Å²) in [6, 6.07) is 16.3. The summed E-state index contributed by atoms with van der Waals surface area (Å²) in [7, 11) is 0. The van der Waals surface area contributed by atoms with Crippen LogP contribution in [0.5, 0.6) is 5.88 Å². The highest BCUT2D eigenvalue weighted by atomic mass is 16.5. The first-order valence-corrected chi connectivity index (χ1v) is 7.60. The van der Waals surface area contributed by atoms with Gasteiger partial charge in [-0.15, -0.1) is 5.10 Å². The maximum Gasteiger partial charge on any atom is 0.253 e. The van der Waals surface area contributed by atoms with Gasteiger partial charge in [0.2, 0.25) is 0 Å². The number of nitriles is 1. The number of hydrogen-bond acceptors (Lipinski definition) is 4. The number of hydrogen-bond donors (Lipinski definition) is 1. The Hall–Kier alpha value is -3.00. The number of aryl methyl sites for hydroxylation is 1. The van der Waals surface area contributed by atoms with Crippen molar-refractivity contribution in [2.24, 2.45) is 0 Å². The normalized spacial score (nSPS) is 10.6. The van der Waals surface area contributed by atoms with Gasteiger partial charge in [0.1, 0.15) is 18.5 Å². The number of ether oxygens (including phenoxy) is 1. The van der Waals surface area contributed by atoms with E-state index < -0.39 is 0 Å². The van der Waals surface area contributed by atoms with E-state index in [-0.39, 0.29) is 0 Å². The van der Waals surface area contributed by atoms with Gasteiger partial charge in [-0.05, 0) is 22.8 Å². The van der Waals surface area contributed by atoms with Gasteiger partial charge in [-0.25, -0.2) is 4.68 Å². The summed E-state index contributed by atoms with van der Waals surface area (Å²) in [6.07, 6.45) is 0.888. The highest BCUT2D eigenvalue weighted by molar-refractivity contribution is 5.85. The monoisotopic (exact) mass is 306 g/mol. The Labute approximate surface area is 134 Å². The molecule has 0 saturated heterocycles. The molecule has 23 heavy (non-hydrogen) atoms. The highest BCUT2D eigenvalue weighted by Gasteiger charge is 2.16. The smallest absolute Gasteiger partial charge is 0.253 e. The van der Waals surface area contributed by atoms with Gasteiger partial charge in [0.05, 0.1) is 0 Å². The summed E-state index contributed by atoms with van der Waals surface area (Å²) in [5.41, 5.74) is 7.31. The van der Waals surface area contributed by atoms with E-state index in [9.17, 15) is 5.26 Å². The van der Waals surface area contributed by atoms with Crippen LogP contribution in [0.1, 0.15) is 24.5 Å². The van der Waals surface area contributed by atoms with Gasteiger partial charge in [-0.2, -0.15) is 5.26 Å². The van der Waals surface area contributed by atoms with E-state index in [0.29, 0.717) is 30.4 Å². The van der Waals surface area contributed by atoms with Crippen molar-refractivity contribution < 1.29 is 4.74 Å². The zero-order valence-electron chi connectivity index (χ0n) is 13.0. The van der Waals surface area contributed by atoms with Crippen LogP contribution in [0, 0.1) is 11.3 Å². The molecule has 0 aliphatic carbocycles. The van der Waals surface area contributed by atoms with Crippen molar-refractivity contribution in [2.45, 2.75) is 26.5 Å². The molecular weight excluding hydrogens is 288 g/mol. The van der Waals surface area contributed by atoms with E-state index in [1.54, 1.807) is 4.68 Å². The van der Waals surface area contributed by atoms with Gasteiger partial charge < -0.3 is 10.5 Å². The summed E-state index contributed by atoms with van der Waals surface area (Å²) >= 11 is 0. The molecule has 0 fully saturated rings. The minimum Gasteiger partial charge on any atom is -0.471 e. The molecule has 2 aromatic carbocycles. The average Bonchev–Trinajstić information content (AvgIpc) is 2.88. The summed E-state index contributed by atoms with van der Waals surface area (Å²) in [5, 5.41) is 15.9. The maximum atomic E-state index is 9.29. The Morgan fingerprint density at radius 2 is 2.00 bits per heavy atom. The van der Waals surface area contributed by atoms with Crippen molar-refractivity contribution in [3.05, 3.63) is 53.6 Å². The number of nitrogen functional groups attached to an aromatic ring is 1. The van der Waals surface area contributed by atoms with Crippen LogP contribution in [0.2, 0.25) is 0 Å². The van der Waals surface area contributed by atoms with Gasteiger partial charge in [0, 0.05) is 6.54 Å². The lowest BCUT2D eigenvalue weighted by atomic mass is 10.1. The Balaban J connectivity index is 1.88. The summed E-state index contributed by atoms with van der Waals surface area (Å²) < 4.78 is 7.42. The third-order valence-electron chi connectivity index (χ3n) is 3.75. The van der Waals surface area contributed by atoms with Crippen LogP contribution in [0.15, 0.2) is 42.5 Å². The number of aromatic nitrogens is 2. The van der Waals surface area contributed by atoms with Crippen LogP contribution in [0.4, 0.5) is 5.82 Å². The molecule has 3 aromatic rings. The first kappa shape index (κ1) is 14.9. The van der Waals surface area contributed by atoms with Gasteiger partial charge >= 0.3 is 0 Å². The van der Waals surface area contributed by atoms with E-state index >= 15 is 0 Å². The van der Waals surface area contributed by atoms with E-state index in [2.05, 4.69) is 29.4 Å². The zero-order valence-corrected chi connectivity index (χ0v) is 13.0. The van der Waals surface area contributed by atoms with Crippen LogP contribution in [-0.2, 0) is 13.2 Å². The lowest BCUT2D eigenvalue weighted by molar-refractivity contribution is 0.290. The second-order valence-electron chi connectivity index (χ2n) is 5.33. The topological polar surface area (TPSA) is 76.9 Å². The second-order valence-corrected chi connectivity index (χ2v) is 5.33. The fourth-order valence-electron chi connectivity index (χ4n) is 2.60. The number of anilines is 1. The van der Waals surface area contributed by atoms with Crippen molar-refractivity contribution >= 4 is 16.6 Å². The van der Waals surface area contributed by atoms with Crippen molar-refractivity contribution in [2.75, 3.05) is 5.73 Å². The number of benzene rings is 2. The third kappa shape index (κ3) is 2.84. The molecule has 0 amide bonds. The number of nitrogens with two attached hydrogens (primary N) is 1. The second kappa shape index (κ2) is 6.41. The average molecular weight is 306 g/mol. The van der Waals surface area contributed by atoms with Crippen LogP contribution in [-0.4, -0.2) is 9.78 Å². The van der Waals surface area contributed by atoms with E-state index in [1.807, 2.05) is 31.2 Å². The minimum absolute atomic E-state index is 0.298. The summed E-state index contributed by atoms with van der Waals surface area (Å²) in [5.74, 6) is 0.661. The molecule has 0 aliphatic rings. The maximum absolute atomic E-state index is 9.29. The first-order chi connectivity index (χ1) is 11.2. The predicted molar refractivity (Wildman–Crippen MR) is 89.9 cm³/mol. The van der Waals surface area contributed by atoms with Crippen LogP contribution in [0.3, 0.4) is 0 Å². The Bertz CT molecular complexity index is 871. The highest BCUT2D eigenvalue weighted by Crippen LogP contribution is 2.25. The standard InChI is InChI=1S/C18H18N4O/c1-2-10-22-17(20)16(11-19)18(21-22)23-12-14-8-5-7-13-6-3-4-9-15(13)14/h3-9H,2,10,12,20H2,1H3. The SMILES string of the molecule is CCCn1nc(OCc2cccc3ccccc23)c(C#N)c1N. The molecule has 1 heterocycles. The number of rotatable bonds is 5. The fourth-order valence-corrected chi connectivity index (χ4v) is 2.60. The van der Waals surface area contributed by atoms with Crippen molar-refractivity contribution in [3.8, 4) is 11.9 Å². The predicted octanol–water partition coefficient (Wildman–Crippen LogP) is 3.48. The zero-order chi connectivity index (χ0) is 16.2. The van der Waals surface area contributed by atoms with Crippen LogP contribution in [0.25, 0.3) is 10.8 Å². The van der Waals surface area contributed by atoms with Crippen molar-refractivity contribution in [3.63, 3.8) is 0 Å². The molecule has 0 atom stereocenters. The molecule has 0 saturated carbocycles. The fraction of sp³-hybridized carbons (Fsp3) is 0.222. The molecule has 0 unspecified atom stereocenters. The largest absolute Gasteiger partial charge is 0.471 e. The molecule has 0 radical (unpaired) electrons. The molecule has 0 bridgehead atoms. The van der Waals surface area contributed by atoms with Crippen LogP contribution >= 0.6 is 0 Å². The Morgan fingerprint density at radius 1 is 1.22 bits per heavy atom. The van der Waals surface area contributed by atoms with Crippen molar-refractivity contribution in [1.82, 2.24) is 9.78 Å². The molecule has 0 spiro atoms. The van der Waals surface area contributed by atoms with Crippen molar-refractivity contribution in [1.29, 1.82) is 5.26 Å².